The summed E-state index contributed by atoms with van der Waals surface area (Å²) in [5.41, 5.74) is -3.14. The molecule has 0 unspecified atom stereocenters. The number of carbonyl (C=O) groups is 1. The number of nitro benzene ring substituents is 1. The first kappa shape index (κ1) is 19.5. The van der Waals surface area contributed by atoms with Gasteiger partial charge in [0.2, 0.25) is 5.91 Å². The van der Waals surface area contributed by atoms with Gasteiger partial charge >= 0.3 is 6.18 Å². The Hall–Kier alpha value is -3.27. The van der Waals surface area contributed by atoms with E-state index in [1.165, 1.54) is 24.3 Å². The van der Waals surface area contributed by atoms with E-state index in [1.54, 1.807) is 18.2 Å². The summed E-state index contributed by atoms with van der Waals surface area (Å²) in [6.07, 6.45) is -6.54. The summed E-state index contributed by atoms with van der Waals surface area (Å²) in [7, 11) is 0. The number of aliphatic hydroxyl groups is 1. The lowest BCUT2D eigenvalue weighted by Crippen LogP contribution is -2.57. The second kappa shape index (κ2) is 7.04. The van der Waals surface area contributed by atoms with Crippen LogP contribution >= 0.6 is 0 Å². The molecule has 1 N–H and O–H groups in total. The van der Waals surface area contributed by atoms with Crippen LogP contribution in [0.1, 0.15) is 17.5 Å². The number of hydrogen-bond donors (Lipinski definition) is 1. The van der Waals surface area contributed by atoms with Crippen molar-refractivity contribution in [1.82, 2.24) is 5.01 Å². The molecule has 1 atom stereocenters. The fourth-order valence-electron chi connectivity index (χ4n) is 2.80. The van der Waals surface area contributed by atoms with Crippen molar-refractivity contribution >= 4 is 17.3 Å². The third-order valence-corrected chi connectivity index (χ3v) is 4.28. The predicted molar refractivity (Wildman–Crippen MR) is 92.2 cm³/mol. The number of benzene rings is 2. The molecule has 1 aliphatic heterocycles. The number of amides is 1. The molecule has 2 aromatic rings. The Labute approximate surface area is 156 Å². The second-order valence-electron chi connectivity index (χ2n) is 6.21. The van der Waals surface area contributed by atoms with Gasteiger partial charge in [-0.2, -0.15) is 23.3 Å². The number of hydrogen-bond acceptors (Lipinski definition) is 5. The maximum Gasteiger partial charge on any atom is 0.438 e. The van der Waals surface area contributed by atoms with E-state index < -0.39 is 35.6 Å². The monoisotopic (exact) mass is 393 g/mol. The molecule has 2 aromatic carbocycles. The molecule has 28 heavy (non-hydrogen) atoms. The van der Waals surface area contributed by atoms with Crippen LogP contribution in [0.3, 0.4) is 0 Å². The van der Waals surface area contributed by atoms with Crippen LogP contribution in [-0.4, -0.2) is 38.6 Å². The van der Waals surface area contributed by atoms with Crippen molar-refractivity contribution in [2.45, 2.75) is 24.7 Å². The Morgan fingerprint density at radius 1 is 1.18 bits per heavy atom. The molecule has 0 saturated heterocycles. The van der Waals surface area contributed by atoms with Gasteiger partial charge in [-0.1, -0.05) is 42.5 Å². The molecule has 7 nitrogen and oxygen atoms in total. The molecule has 1 heterocycles. The third-order valence-electron chi connectivity index (χ3n) is 4.28. The molecule has 0 saturated carbocycles. The van der Waals surface area contributed by atoms with E-state index in [1.807, 2.05) is 0 Å². The van der Waals surface area contributed by atoms with Crippen molar-refractivity contribution in [1.29, 1.82) is 0 Å². The van der Waals surface area contributed by atoms with E-state index in [0.29, 0.717) is 5.56 Å². The number of halogens is 3. The molecule has 146 valence electrons. The van der Waals surface area contributed by atoms with E-state index >= 15 is 0 Å². The van der Waals surface area contributed by atoms with Crippen molar-refractivity contribution < 1.29 is 28.0 Å². The van der Waals surface area contributed by atoms with Crippen LogP contribution in [0.15, 0.2) is 59.7 Å². The minimum atomic E-state index is -5.13. The minimum Gasteiger partial charge on any atom is -0.362 e. The van der Waals surface area contributed by atoms with Crippen LogP contribution in [0, 0.1) is 10.1 Å². The zero-order valence-electron chi connectivity index (χ0n) is 14.3. The van der Waals surface area contributed by atoms with Crippen LogP contribution in [0.25, 0.3) is 0 Å². The lowest BCUT2D eigenvalue weighted by atomic mass is 10.0. The number of rotatable bonds is 4. The van der Waals surface area contributed by atoms with Gasteiger partial charge in [-0.25, -0.2) is 0 Å². The highest BCUT2D eigenvalue weighted by Crippen LogP contribution is 2.41. The first-order valence-corrected chi connectivity index (χ1v) is 8.10. The van der Waals surface area contributed by atoms with Crippen molar-refractivity contribution in [2.75, 3.05) is 0 Å². The first-order chi connectivity index (χ1) is 13.1. The molecule has 0 radical (unpaired) electrons. The number of hydrazone groups is 1. The summed E-state index contributed by atoms with van der Waals surface area (Å²) in [5, 5.41) is 24.7. The summed E-state index contributed by atoms with van der Waals surface area (Å²) in [6, 6.07) is 12.7. The Morgan fingerprint density at radius 3 is 2.32 bits per heavy atom. The molecule has 0 aromatic heterocycles. The van der Waals surface area contributed by atoms with E-state index in [4.69, 9.17) is 0 Å². The Balaban J connectivity index is 1.90. The van der Waals surface area contributed by atoms with Crippen LogP contribution in [0.5, 0.6) is 0 Å². The van der Waals surface area contributed by atoms with Crippen molar-refractivity contribution in [3.63, 3.8) is 0 Å². The lowest BCUT2D eigenvalue weighted by Gasteiger charge is -2.32. The highest BCUT2D eigenvalue weighted by molar-refractivity contribution is 6.03. The maximum absolute atomic E-state index is 13.5. The maximum atomic E-state index is 13.5. The largest absolute Gasteiger partial charge is 0.438 e. The molecule has 0 spiro atoms. The van der Waals surface area contributed by atoms with Gasteiger partial charge in [0, 0.05) is 12.1 Å². The molecule has 10 heteroatoms. The molecular weight excluding hydrogens is 379 g/mol. The molecule has 3 rings (SSSR count). The summed E-state index contributed by atoms with van der Waals surface area (Å²) in [5.74, 6) is -1.08. The molecular formula is C18H14F3N3O4. The first-order valence-electron chi connectivity index (χ1n) is 8.10. The summed E-state index contributed by atoms with van der Waals surface area (Å²) in [6.45, 7) is 0. The van der Waals surface area contributed by atoms with E-state index in [9.17, 15) is 33.2 Å². The Bertz CT molecular complexity index is 929. The normalized spacial score (nSPS) is 19.4. The summed E-state index contributed by atoms with van der Waals surface area (Å²) in [4.78, 5) is 22.5. The highest BCUT2D eigenvalue weighted by Gasteiger charge is 2.63. The highest BCUT2D eigenvalue weighted by atomic mass is 19.4. The molecule has 1 aliphatic rings. The molecule has 1 amide bonds. The molecule has 0 fully saturated rings. The fourth-order valence-corrected chi connectivity index (χ4v) is 2.80. The van der Waals surface area contributed by atoms with Crippen LogP contribution < -0.4 is 0 Å². The fraction of sp³-hybridized carbons (Fsp3) is 0.222. The predicted octanol–water partition coefficient (Wildman–Crippen LogP) is 3.02. The third kappa shape index (κ3) is 3.58. The number of nitrogens with zero attached hydrogens (tertiary/aromatic N) is 3. The number of alkyl halides is 3. The van der Waals surface area contributed by atoms with Gasteiger partial charge in [-0.05, 0) is 11.1 Å². The standard InChI is InChI=1S/C18H14F3N3O4/c19-18(20,21)17(26)11-15(13-4-2-1-3-5-13)22-23(17)16(25)10-12-6-8-14(9-7-12)24(27)28/h1-9,26H,10-11H2/t17-/m0/s1. The van der Waals surface area contributed by atoms with Crippen LogP contribution in [-0.2, 0) is 11.2 Å². The van der Waals surface area contributed by atoms with Gasteiger partial charge in [-0.3, -0.25) is 14.9 Å². The summed E-state index contributed by atoms with van der Waals surface area (Å²) < 4.78 is 40.6. The zero-order chi connectivity index (χ0) is 20.5. The van der Waals surface area contributed by atoms with Crippen molar-refractivity contribution in [3.8, 4) is 0 Å². The molecule has 0 aliphatic carbocycles. The average Bonchev–Trinajstić information content (AvgIpc) is 3.02. The number of carbonyl (C=O) groups excluding carboxylic acids is 1. The number of nitro groups is 1. The lowest BCUT2D eigenvalue weighted by molar-refractivity contribution is -0.384. The SMILES string of the molecule is O=C(Cc1ccc([N+](=O)[O-])cc1)N1N=C(c2ccccc2)C[C@]1(O)C(F)(F)F. The summed E-state index contributed by atoms with van der Waals surface area (Å²) >= 11 is 0. The average molecular weight is 393 g/mol. The Morgan fingerprint density at radius 2 is 1.79 bits per heavy atom. The van der Waals surface area contributed by atoms with Gasteiger partial charge in [0.1, 0.15) is 0 Å². The van der Waals surface area contributed by atoms with Gasteiger partial charge in [0.25, 0.3) is 11.4 Å². The quantitative estimate of drug-likeness (QED) is 0.638. The topological polar surface area (TPSA) is 96.0 Å². The van der Waals surface area contributed by atoms with Gasteiger partial charge < -0.3 is 5.11 Å². The van der Waals surface area contributed by atoms with Gasteiger partial charge in [0.05, 0.1) is 23.5 Å². The van der Waals surface area contributed by atoms with Gasteiger partial charge in [0.15, 0.2) is 0 Å². The second-order valence-corrected chi connectivity index (χ2v) is 6.21. The van der Waals surface area contributed by atoms with E-state index in [-0.39, 0.29) is 22.0 Å². The van der Waals surface area contributed by atoms with E-state index in [0.717, 1.165) is 12.1 Å². The Kier molecular flexibility index (Phi) is 4.90. The van der Waals surface area contributed by atoms with Crippen LogP contribution in [0.2, 0.25) is 0 Å². The van der Waals surface area contributed by atoms with Crippen molar-refractivity contribution in [3.05, 3.63) is 75.8 Å². The van der Waals surface area contributed by atoms with Gasteiger partial charge in [-0.15, -0.1) is 0 Å². The zero-order valence-corrected chi connectivity index (χ0v) is 14.3. The van der Waals surface area contributed by atoms with E-state index in [2.05, 4.69) is 5.10 Å². The van der Waals surface area contributed by atoms with Crippen LogP contribution in [0.4, 0.5) is 18.9 Å². The van der Waals surface area contributed by atoms with Crippen molar-refractivity contribution in [2.24, 2.45) is 5.10 Å². The minimum absolute atomic E-state index is 0.0523. The molecule has 0 bridgehead atoms. The number of non-ortho nitro benzene ring substituents is 1. The smallest absolute Gasteiger partial charge is 0.362 e.